The van der Waals surface area contributed by atoms with Crippen LogP contribution in [0.15, 0.2) is 72.9 Å². The van der Waals surface area contributed by atoms with Crippen molar-refractivity contribution in [1.82, 2.24) is 40.4 Å². The average Bonchev–Trinajstić information content (AvgIpc) is 4.13. The topological polar surface area (TPSA) is 193 Å². The van der Waals surface area contributed by atoms with E-state index in [4.69, 9.17) is 28.9 Å². The first-order valence-corrected chi connectivity index (χ1v) is 23.0. The lowest BCUT2D eigenvalue weighted by Crippen LogP contribution is -2.51. The van der Waals surface area contributed by atoms with Crippen molar-refractivity contribution >= 4 is 45.8 Å². The average molecular weight is 903 g/mol. The second-order valence-electron chi connectivity index (χ2n) is 18.6. The van der Waals surface area contributed by atoms with E-state index in [0.717, 1.165) is 50.6 Å². The van der Waals surface area contributed by atoms with Crippen LogP contribution in [0.2, 0.25) is 0 Å². The third-order valence-corrected chi connectivity index (χ3v) is 13.3. The molecule has 3 aromatic carbocycles. The smallest absolute Gasteiger partial charge is 0.407 e. The summed E-state index contributed by atoms with van der Waals surface area (Å²) in [7, 11) is 4.24. The summed E-state index contributed by atoms with van der Waals surface area (Å²) in [5, 5.41) is 7.54. The Morgan fingerprint density at radius 1 is 0.727 bits per heavy atom. The summed E-state index contributed by atoms with van der Waals surface area (Å²) >= 11 is 0. The summed E-state index contributed by atoms with van der Waals surface area (Å²) in [4.78, 5) is 73.2. The molecule has 4 amide bonds. The number of hydrogen-bond donors (Lipinski definition) is 4. The number of nitrogens with zero attached hydrogens (tertiary/aromatic N) is 4. The fourth-order valence-electron chi connectivity index (χ4n) is 9.58. The number of H-pyrrole nitrogens is 2. The molecule has 16 heteroatoms. The lowest BCUT2D eigenvalue weighted by Gasteiger charge is -2.30. The zero-order chi connectivity index (χ0) is 46.6. The van der Waals surface area contributed by atoms with Crippen LogP contribution in [0.3, 0.4) is 0 Å². The van der Waals surface area contributed by atoms with E-state index >= 15 is 0 Å². The third-order valence-electron chi connectivity index (χ3n) is 13.3. The number of imidazole rings is 2. The lowest BCUT2D eigenvalue weighted by atomic mass is 9.96. The van der Waals surface area contributed by atoms with Gasteiger partial charge in [-0.05, 0) is 65.3 Å². The molecule has 16 nitrogen and oxygen atoms in total. The molecule has 3 aliphatic rings. The zero-order valence-corrected chi connectivity index (χ0v) is 38.8. The number of allylic oxidation sites excluding steroid dienone is 1. The molecule has 1 aliphatic carbocycles. The van der Waals surface area contributed by atoms with Crippen molar-refractivity contribution in [3.8, 4) is 22.4 Å². The number of aromatic amines is 2. The van der Waals surface area contributed by atoms with Crippen LogP contribution in [0, 0.1) is 29.6 Å². The number of aromatic nitrogens is 4. The molecule has 0 radical (unpaired) electrons. The van der Waals surface area contributed by atoms with Gasteiger partial charge in [0, 0.05) is 43.3 Å². The van der Waals surface area contributed by atoms with Crippen molar-refractivity contribution in [2.75, 3.05) is 54.2 Å². The maximum atomic E-state index is 14.2. The van der Waals surface area contributed by atoms with Crippen LogP contribution in [0.4, 0.5) is 9.59 Å². The van der Waals surface area contributed by atoms with Gasteiger partial charge in [-0.15, -0.1) is 0 Å². The predicted octanol–water partition coefficient (Wildman–Crippen LogP) is 7.55. The van der Waals surface area contributed by atoms with E-state index in [1.165, 1.54) is 14.2 Å². The fraction of sp³-hybridized carbons (Fsp3) is 0.480. The van der Waals surface area contributed by atoms with Crippen molar-refractivity contribution < 1.29 is 38.1 Å². The zero-order valence-electron chi connectivity index (χ0n) is 38.8. The fourth-order valence-corrected chi connectivity index (χ4v) is 9.58. The first-order valence-electron chi connectivity index (χ1n) is 23.0. The second-order valence-corrected chi connectivity index (χ2v) is 18.6. The maximum Gasteiger partial charge on any atom is 0.407 e. The van der Waals surface area contributed by atoms with Gasteiger partial charge in [-0.3, -0.25) is 9.59 Å². The van der Waals surface area contributed by atoms with E-state index in [-0.39, 0.29) is 47.6 Å². The summed E-state index contributed by atoms with van der Waals surface area (Å²) in [6.45, 7) is 10.3. The van der Waals surface area contributed by atoms with Gasteiger partial charge in [0.15, 0.2) is 0 Å². The minimum atomic E-state index is -0.759. The number of alkyl carbamates (subject to hydrolysis) is 2. The van der Waals surface area contributed by atoms with Gasteiger partial charge in [-0.25, -0.2) is 19.6 Å². The lowest BCUT2D eigenvalue weighted by molar-refractivity contribution is -0.136. The molecule has 7 atom stereocenters. The highest BCUT2D eigenvalue weighted by molar-refractivity contribution is 6.05. The highest BCUT2D eigenvalue weighted by atomic mass is 16.5. The maximum absolute atomic E-state index is 14.2. The quantitative estimate of drug-likeness (QED) is 0.0719. The number of benzene rings is 3. The number of likely N-dealkylation sites (tertiary alicyclic amines) is 2. The molecule has 5 aromatic rings. The van der Waals surface area contributed by atoms with Crippen molar-refractivity contribution in [2.24, 2.45) is 29.6 Å². The first kappa shape index (κ1) is 46.3. The number of carbonyl (C=O) groups excluding carboxylic acids is 4. The minimum Gasteiger partial charge on any atom is -0.453 e. The Bertz CT molecular complexity index is 2570. The molecule has 4 N–H and O–H groups in total. The van der Waals surface area contributed by atoms with Gasteiger partial charge in [0.05, 0.1) is 69.0 Å². The summed E-state index contributed by atoms with van der Waals surface area (Å²) in [5.41, 5.74) is 5.57. The molecule has 0 bridgehead atoms. The van der Waals surface area contributed by atoms with Crippen molar-refractivity contribution in [2.45, 2.75) is 71.1 Å². The molecule has 66 heavy (non-hydrogen) atoms. The highest BCUT2D eigenvalue weighted by Crippen LogP contribution is 2.39. The molecule has 8 rings (SSSR count). The molecule has 2 fully saturated rings. The van der Waals surface area contributed by atoms with Gasteiger partial charge in [-0.1, -0.05) is 82.3 Å². The van der Waals surface area contributed by atoms with Crippen LogP contribution < -0.4 is 10.6 Å². The molecule has 4 heterocycles. The largest absolute Gasteiger partial charge is 0.453 e. The number of ether oxygens (including phenoxy) is 4. The minimum absolute atomic E-state index is 0.103. The van der Waals surface area contributed by atoms with Crippen LogP contribution >= 0.6 is 0 Å². The number of hydrogen-bond acceptors (Lipinski definition) is 10. The standard InChI is InChI=1S/C50H62N8O8/c1-28(2)42(55-49(61)64-6)47(59)57-23-31(25-63-5)19-40(57)45-51-22-39(53-45)34-13-11-33(12-14-34)35-15-17-37-36(21-35)16-18-38-44(37)54-46(52-38)41-20-32(27-66-26-30-9-8-10-30)24-58(41)48(60)43(29(3)4)56-50(62)65-7/h8-9,11-18,21-22,28-32,40-43H,10,19-20,23-27H2,1-7H3,(H,51,53)(H,52,54)(H,55,61)(H,56,62)/t30?,31-,32-,40-,41-,42-,43-/m0/s1. The number of nitrogens with one attached hydrogen (secondary N) is 4. The highest BCUT2D eigenvalue weighted by Gasteiger charge is 2.43. The van der Waals surface area contributed by atoms with E-state index in [1.807, 2.05) is 38.7 Å². The van der Waals surface area contributed by atoms with Crippen LogP contribution in [-0.4, -0.2) is 120 Å². The van der Waals surface area contributed by atoms with Crippen LogP contribution in [0.1, 0.15) is 70.7 Å². The summed E-state index contributed by atoms with van der Waals surface area (Å²) in [6, 6.07) is 16.6. The Kier molecular flexibility index (Phi) is 14.1. The van der Waals surface area contributed by atoms with Gasteiger partial charge < -0.3 is 49.3 Å². The van der Waals surface area contributed by atoms with Gasteiger partial charge in [0.2, 0.25) is 11.8 Å². The van der Waals surface area contributed by atoms with E-state index in [2.05, 4.69) is 81.3 Å². The number of methoxy groups -OCH3 is 3. The van der Waals surface area contributed by atoms with Crippen molar-refractivity contribution in [3.05, 3.63) is 84.6 Å². The number of rotatable bonds is 16. The Hall–Kier alpha value is -6.26. The van der Waals surface area contributed by atoms with Crippen LogP contribution in [-0.2, 0) is 28.5 Å². The molecule has 0 saturated carbocycles. The summed E-state index contributed by atoms with van der Waals surface area (Å²) in [6.07, 6.45) is 7.21. The first-order chi connectivity index (χ1) is 31.8. The molecule has 2 aromatic heterocycles. The summed E-state index contributed by atoms with van der Waals surface area (Å²) in [5.74, 6) is 1.37. The van der Waals surface area contributed by atoms with Crippen LogP contribution in [0.25, 0.3) is 44.2 Å². The number of amides is 4. The molecule has 2 saturated heterocycles. The van der Waals surface area contributed by atoms with Gasteiger partial charge in [0.1, 0.15) is 23.7 Å². The Labute approximate surface area is 385 Å². The second kappa shape index (κ2) is 20.1. The van der Waals surface area contributed by atoms with E-state index < -0.39 is 24.3 Å². The predicted molar refractivity (Wildman–Crippen MR) is 250 cm³/mol. The molecular formula is C50H62N8O8. The number of fused-ring (bicyclic) bond motifs is 3. The molecule has 2 aliphatic heterocycles. The summed E-state index contributed by atoms with van der Waals surface area (Å²) < 4.78 is 21.3. The molecule has 0 spiro atoms. The van der Waals surface area contributed by atoms with E-state index in [9.17, 15) is 19.2 Å². The number of carbonyl (C=O) groups is 4. The van der Waals surface area contributed by atoms with Gasteiger partial charge in [-0.2, -0.15) is 0 Å². The van der Waals surface area contributed by atoms with Crippen molar-refractivity contribution in [3.63, 3.8) is 0 Å². The Balaban J connectivity index is 1.00. The molecule has 350 valence electrons. The van der Waals surface area contributed by atoms with E-state index in [1.54, 1.807) is 18.2 Å². The van der Waals surface area contributed by atoms with Gasteiger partial charge >= 0.3 is 12.2 Å². The molecular weight excluding hydrogens is 841 g/mol. The van der Waals surface area contributed by atoms with Crippen LogP contribution in [0.5, 0.6) is 0 Å². The molecule has 1 unspecified atom stereocenters. The van der Waals surface area contributed by atoms with E-state index in [0.29, 0.717) is 63.3 Å². The van der Waals surface area contributed by atoms with Gasteiger partial charge in [0.25, 0.3) is 0 Å². The SMILES string of the molecule is COC[C@H]1C[C@@H](c2ncc(-c3ccc(-c4ccc5c(ccc6nc([C@@H]7C[C@H](COCC8C=CC8)CN7C(=O)[C@@H](NC(=O)OC)C(C)C)[nH]c65)c4)cc3)[nH]2)N(C(=O)[C@@H](NC(=O)OC)C(C)C)C1. The monoisotopic (exact) mass is 902 g/mol. The Morgan fingerprint density at radius 3 is 1.89 bits per heavy atom. The normalized spacial score (nSPS) is 21.4. The van der Waals surface area contributed by atoms with Crippen molar-refractivity contribution in [1.29, 1.82) is 0 Å². The third kappa shape index (κ3) is 9.80. The Morgan fingerprint density at radius 2 is 1.32 bits per heavy atom.